The average molecular weight is 319 g/mol. The molecular formula is C12H15ClN2O2S2. The van der Waals surface area contributed by atoms with Crippen LogP contribution in [-0.4, -0.2) is 31.6 Å². The number of sulfone groups is 1. The van der Waals surface area contributed by atoms with Gasteiger partial charge in [0.2, 0.25) is 0 Å². The van der Waals surface area contributed by atoms with Gasteiger partial charge in [-0.05, 0) is 42.8 Å². The van der Waals surface area contributed by atoms with Gasteiger partial charge in [-0.1, -0.05) is 17.7 Å². The van der Waals surface area contributed by atoms with Crippen LogP contribution >= 0.6 is 23.8 Å². The minimum Gasteiger partial charge on any atom is -0.362 e. The number of anilines is 1. The Balaban J connectivity index is 1.79. The molecule has 2 N–H and O–H groups in total. The Bertz CT molecular complexity index is 575. The fourth-order valence-electron chi connectivity index (χ4n) is 2.01. The van der Waals surface area contributed by atoms with Crippen LogP contribution in [0.2, 0.25) is 5.02 Å². The van der Waals surface area contributed by atoms with Gasteiger partial charge in [0.25, 0.3) is 0 Å². The normalized spacial score (nSPS) is 21.0. The van der Waals surface area contributed by atoms with Crippen LogP contribution in [-0.2, 0) is 9.84 Å². The zero-order chi connectivity index (χ0) is 13.9. The number of nitrogens with one attached hydrogen (secondary N) is 2. The van der Waals surface area contributed by atoms with Crippen LogP contribution in [0, 0.1) is 5.92 Å². The molecule has 1 aromatic rings. The lowest BCUT2D eigenvalue weighted by Gasteiger charge is -2.13. The summed E-state index contributed by atoms with van der Waals surface area (Å²) in [5.41, 5.74) is 0.809. The highest BCUT2D eigenvalue weighted by molar-refractivity contribution is 7.91. The Labute approximate surface area is 123 Å². The molecule has 0 spiro atoms. The van der Waals surface area contributed by atoms with Crippen molar-refractivity contribution >= 4 is 44.5 Å². The van der Waals surface area contributed by atoms with Crippen molar-refractivity contribution in [3.05, 3.63) is 29.3 Å². The summed E-state index contributed by atoms with van der Waals surface area (Å²) in [5.74, 6) is 0.678. The van der Waals surface area contributed by atoms with Crippen LogP contribution in [0.25, 0.3) is 0 Å². The minimum absolute atomic E-state index is 0.143. The second-order valence-electron chi connectivity index (χ2n) is 4.61. The molecule has 1 aromatic carbocycles. The second kappa shape index (κ2) is 6.07. The third-order valence-electron chi connectivity index (χ3n) is 2.96. The Kier molecular flexibility index (Phi) is 4.65. The van der Waals surface area contributed by atoms with Crippen molar-refractivity contribution in [3.63, 3.8) is 0 Å². The summed E-state index contributed by atoms with van der Waals surface area (Å²) in [7, 11) is -2.83. The van der Waals surface area contributed by atoms with E-state index < -0.39 is 9.84 Å². The number of hydrogen-bond donors (Lipinski definition) is 2. The van der Waals surface area contributed by atoms with Crippen LogP contribution in [0.5, 0.6) is 0 Å². The fourth-order valence-corrected chi connectivity index (χ4v) is 4.26. The standard InChI is InChI=1S/C12H15ClN2O2S2/c13-10-2-1-3-11(6-10)15-12(18)14-7-9-4-5-19(16,17)8-9/h1-3,6,9H,4-5,7-8H2,(H2,14,15,18). The molecule has 104 valence electrons. The zero-order valence-electron chi connectivity index (χ0n) is 10.2. The molecule has 1 aliphatic rings. The average Bonchev–Trinajstić information content (AvgIpc) is 2.66. The lowest BCUT2D eigenvalue weighted by Crippen LogP contribution is -2.33. The maximum Gasteiger partial charge on any atom is 0.170 e. The van der Waals surface area contributed by atoms with Crippen LogP contribution in [0.4, 0.5) is 5.69 Å². The van der Waals surface area contributed by atoms with E-state index in [1.165, 1.54) is 0 Å². The molecule has 1 atom stereocenters. The number of thiocarbonyl (C=S) groups is 1. The van der Waals surface area contributed by atoms with Gasteiger partial charge in [-0.25, -0.2) is 8.42 Å². The largest absolute Gasteiger partial charge is 0.362 e. The van der Waals surface area contributed by atoms with Crippen molar-refractivity contribution in [1.29, 1.82) is 0 Å². The first-order valence-corrected chi connectivity index (χ1v) is 8.56. The van der Waals surface area contributed by atoms with E-state index in [9.17, 15) is 8.42 Å². The Hall–Kier alpha value is -0.850. The third-order valence-corrected chi connectivity index (χ3v) is 5.28. The molecule has 1 aliphatic heterocycles. The smallest absolute Gasteiger partial charge is 0.170 e. The Morgan fingerprint density at radius 2 is 2.26 bits per heavy atom. The molecule has 7 heteroatoms. The molecule has 2 rings (SSSR count). The van der Waals surface area contributed by atoms with Gasteiger partial charge in [-0.3, -0.25) is 0 Å². The minimum atomic E-state index is -2.83. The molecule has 1 heterocycles. The van der Waals surface area contributed by atoms with E-state index in [1.54, 1.807) is 12.1 Å². The molecule has 0 amide bonds. The highest BCUT2D eigenvalue weighted by Gasteiger charge is 2.27. The van der Waals surface area contributed by atoms with Crippen LogP contribution in [0.1, 0.15) is 6.42 Å². The van der Waals surface area contributed by atoms with Crippen LogP contribution in [0.3, 0.4) is 0 Å². The molecule has 0 radical (unpaired) electrons. The third kappa shape index (κ3) is 4.63. The number of benzene rings is 1. The highest BCUT2D eigenvalue weighted by atomic mass is 35.5. The van der Waals surface area contributed by atoms with Gasteiger partial charge in [0.05, 0.1) is 11.5 Å². The quantitative estimate of drug-likeness (QED) is 0.836. The topological polar surface area (TPSA) is 58.2 Å². The van der Waals surface area contributed by atoms with Crippen LogP contribution < -0.4 is 10.6 Å². The first-order chi connectivity index (χ1) is 8.94. The summed E-state index contributed by atoms with van der Waals surface area (Å²) in [6.45, 7) is 0.575. The van der Waals surface area contributed by atoms with E-state index >= 15 is 0 Å². The Morgan fingerprint density at radius 3 is 2.89 bits per heavy atom. The fraction of sp³-hybridized carbons (Fsp3) is 0.417. The van der Waals surface area contributed by atoms with Gasteiger partial charge < -0.3 is 10.6 Å². The molecule has 4 nitrogen and oxygen atoms in total. The molecule has 1 fully saturated rings. The molecule has 1 unspecified atom stereocenters. The van der Waals surface area contributed by atoms with Crippen molar-refractivity contribution in [2.45, 2.75) is 6.42 Å². The number of halogens is 1. The molecule has 0 aliphatic carbocycles. The molecule has 1 saturated heterocycles. The van der Waals surface area contributed by atoms with Gasteiger partial charge in [-0.15, -0.1) is 0 Å². The molecule has 0 saturated carbocycles. The maximum absolute atomic E-state index is 11.3. The van der Waals surface area contributed by atoms with Crippen molar-refractivity contribution in [2.24, 2.45) is 5.92 Å². The van der Waals surface area contributed by atoms with Gasteiger partial charge in [0.1, 0.15) is 0 Å². The van der Waals surface area contributed by atoms with E-state index in [2.05, 4.69) is 10.6 Å². The lowest BCUT2D eigenvalue weighted by atomic mass is 10.1. The summed E-state index contributed by atoms with van der Waals surface area (Å²) < 4.78 is 22.6. The zero-order valence-corrected chi connectivity index (χ0v) is 12.6. The van der Waals surface area contributed by atoms with E-state index in [1.807, 2.05) is 12.1 Å². The van der Waals surface area contributed by atoms with Gasteiger partial charge in [0, 0.05) is 17.3 Å². The lowest BCUT2D eigenvalue weighted by molar-refractivity contribution is 0.574. The van der Waals surface area contributed by atoms with E-state index in [0.717, 1.165) is 5.69 Å². The van der Waals surface area contributed by atoms with E-state index in [0.29, 0.717) is 23.1 Å². The van der Waals surface area contributed by atoms with Gasteiger partial charge in [0.15, 0.2) is 14.9 Å². The number of hydrogen-bond acceptors (Lipinski definition) is 3. The maximum atomic E-state index is 11.3. The predicted molar refractivity (Wildman–Crippen MR) is 82.4 cm³/mol. The van der Waals surface area contributed by atoms with Crippen molar-refractivity contribution in [3.8, 4) is 0 Å². The van der Waals surface area contributed by atoms with Gasteiger partial charge >= 0.3 is 0 Å². The Morgan fingerprint density at radius 1 is 1.47 bits per heavy atom. The first kappa shape index (κ1) is 14.6. The van der Waals surface area contributed by atoms with Crippen LogP contribution in [0.15, 0.2) is 24.3 Å². The molecule has 19 heavy (non-hydrogen) atoms. The van der Waals surface area contributed by atoms with Crippen molar-refractivity contribution in [1.82, 2.24) is 5.32 Å². The summed E-state index contributed by atoms with van der Waals surface area (Å²) in [5, 5.41) is 7.17. The SMILES string of the molecule is O=S1(=O)CCC(CNC(=S)Nc2cccc(Cl)c2)C1. The van der Waals surface area contributed by atoms with E-state index in [-0.39, 0.29) is 17.4 Å². The predicted octanol–water partition coefficient (Wildman–Crippen LogP) is 2.06. The van der Waals surface area contributed by atoms with E-state index in [4.69, 9.17) is 23.8 Å². The summed E-state index contributed by atoms with van der Waals surface area (Å²) in [4.78, 5) is 0. The molecule has 0 bridgehead atoms. The van der Waals surface area contributed by atoms with Crippen molar-refractivity contribution < 1.29 is 8.42 Å². The first-order valence-electron chi connectivity index (χ1n) is 5.95. The molecular weight excluding hydrogens is 304 g/mol. The van der Waals surface area contributed by atoms with Gasteiger partial charge in [-0.2, -0.15) is 0 Å². The summed E-state index contributed by atoms with van der Waals surface area (Å²) >= 11 is 11.0. The summed E-state index contributed by atoms with van der Waals surface area (Å²) in [6.07, 6.45) is 0.703. The molecule has 0 aromatic heterocycles. The highest BCUT2D eigenvalue weighted by Crippen LogP contribution is 2.18. The van der Waals surface area contributed by atoms with Crippen molar-refractivity contribution in [2.75, 3.05) is 23.4 Å². The number of rotatable bonds is 3. The summed E-state index contributed by atoms with van der Waals surface area (Å²) in [6, 6.07) is 7.25. The monoisotopic (exact) mass is 318 g/mol. The second-order valence-corrected chi connectivity index (χ2v) is 7.69.